The number of carboxylic acid groups (broad SMARTS) is 1. The summed E-state index contributed by atoms with van der Waals surface area (Å²) < 4.78 is 0. The third kappa shape index (κ3) is 6.03. The first kappa shape index (κ1) is 20.4. The van der Waals surface area contributed by atoms with E-state index in [1.54, 1.807) is 0 Å². The fourth-order valence-electron chi connectivity index (χ4n) is 2.46. The number of hydrogen-bond acceptors (Lipinski definition) is 6. The molecule has 0 bridgehead atoms. The summed E-state index contributed by atoms with van der Waals surface area (Å²) in [5, 5.41) is 13.3. The van der Waals surface area contributed by atoms with E-state index in [1.165, 1.54) is 11.8 Å². The predicted molar refractivity (Wildman–Crippen MR) is 84.8 cm³/mol. The highest BCUT2D eigenvalue weighted by atomic mass is 16.4. The first-order chi connectivity index (χ1) is 11.6. The Morgan fingerprint density at radius 2 is 1.92 bits per heavy atom. The molecule has 1 aliphatic heterocycles. The van der Waals surface area contributed by atoms with Crippen LogP contribution in [-0.4, -0.2) is 70.8 Å². The summed E-state index contributed by atoms with van der Waals surface area (Å²) in [6, 6.07) is -3.00. The van der Waals surface area contributed by atoms with Crippen LogP contribution in [0.25, 0.3) is 0 Å². The Balaban J connectivity index is 2.56. The summed E-state index contributed by atoms with van der Waals surface area (Å²) in [4.78, 5) is 58.8. The number of likely N-dealkylation sites (tertiary alicyclic amines) is 1. The van der Waals surface area contributed by atoms with Crippen molar-refractivity contribution >= 4 is 29.6 Å². The lowest BCUT2D eigenvalue weighted by Gasteiger charge is -2.26. The van der Waals surface area contributed by atoms with Gasteiger partial charge in [-0.3, -0.25) is 24.0 Å². The second-order valence-corrected chi connectivity index (χ2v) is 5.81. The number of nitrogens with two attached hydrogens (primary N) is 2. The van der Waals surface area contributed by atoms with Crippen LogP contribution in [0.4, 0.5) is 0 Å². The van der Waals surface area contributed by atoms with E-state index in [0.717, 1.165) is 0 Å². The van der Waals surface area contributed by atoms with Gasteiger partial charge in [0.15, 0.2) is 0 Å². The van der Waals surface area contributed by atoms with E-state index in [2.05, 4.69) is 10.6 Å². The molecule has 0 saturated carbocycles. The number of aliphatic carboxylic acids is 1. The molecule has 1 saturated heterocycles. The highest BCUT2D eigenvalue weighted by molar-refractivity contribution is 5.94. The fraction of sp³-hybridized carbons (Fsp3) is 0.643. The number of hydrogen-bond donors (Lipinski definition) is 5. The molecule has 1 fully saturated rings. The van der Waals surface area contributed by atoms with E-state index in [-0.39, 0.29) is 6.42 Å². The second kappa shape index (κ2) is 8.97. The zero-order valence-corrected chi connectivity index (χ0v) is 13.9. The van der Waals surface area contributed by atoms with Gasteiger partial charge in [0.25, 0.3) is 0 Å². The number of primary amides is 1. The summed E-state index contributed by atoms with van der Waals surface area (Å²) in [6.07, 6.45) is 0.655. The molecule has 25 heavy (non-hydrogen) atoms. The molecule has 11 nitrogen and oxygen atoms in total. The average molecular weight is 357 g/mol. The van der Waals surface area contributed by atoms with Gasteiger partial charge in [-0.2, -0.15) is 0 Å². The zero-order chi connectivity index (χ0) is 19.1. The maximum atomic E-state index is 12.2. The molecule has 3 atom stereocenters. The van der Waals surface area contributed by atoms with Crippen molar-refractivity contribution in [1.29, 1.82) is 0 Å². The van der Waals surface area contributed by atoms with Crippen molar-refractivity contribution in [3.8, 4) is 0 Å². The van der Waals surface area contributed by atoms with Gasteiger partial charge >= 0.3 is 5.97 Å². The number of amides is 4. The van der Waals surface area contributed by atoms with E-state index in [0.29, 0.717) is 19.4 Å². The van der Waals surface area contributed by atoms with Crippen molar-refractivity contribution in [3.63, 3.8) is 0 Å². The van der Waals surface area contributed by atoms with Crippen molar-refractivity contribution in [1.82, 2.24) is 15.5 Å². The third-order valence-corrected chi connectivity index (χ3v) is 3.75. The molecule has 140 valence electrons. The minimum Gasteiger partial charge on any atom is -0.480 e. The molecular weight excluding hydrogens is 334 g/mol. The quantitative estimate of drug-likeness (QED) is 0.304. The van der Waals surface area contributed by atoms with Crippen LogP contribution in [0.1, 0.15) is 26.2 Å². The zero-order valence-electron chi connectivity index (χ0n) is 13.9. The number of carbonyl (C=O) groups is 5. The molecule has 0 radical (unpaired) electrons. The molecule has 1 heterocycles. The lowest BCUT2D eigenvalue weighted by molar-refractivity contribution is -0.142. The fourth-order valence-corrected chi connectivity index (χ4v) is 2.46. The van der Waals surface area contributed by atoms with E-state index in [9.17, 15) is 24.0 Å². The summed E-state index contributed by atoms with van der Waals surface area (Å²) in [5.74, 6) is -3.68. The van der Waals surface area contributed by atoms with E-state index >= 15 is 0 Å². The molecule has 0 aromatic rings. The Morgan fingerprint density at radius 1 is 1.28 bits per heavy atom. The highest BCUT2D eigenvalue weighted by Gasteiger charge is 2.36. The number of nitrogens with zero attached hydrogens (tertiary/aromatic N) is 1. The average Bonchev–Trinajstić information content (AvgIpc) is 3.00. The second-order valence-electron chi connectivity index (χ2n) is 5.81. The van der Waals surface area contributed by atoms with Gasteiger partial charge in [-0.25, -0.2) is 0 Å². The first-order valence-electron chi connectivity index (χ1n) is 7.77. The molecule has 11 heteroatoms. The molecule has 1 rings (SSSR count). The van der Waals surface area contributed by atoms with Crippen LogP contribution >= 0.6 is 0 Å². The normalized spacial score (nSPS) is 19.0. The van der Waals surface area contributed by atoms with Crippen molar-refractivity contribution < 1.29 is 29.1 Å². The van der Waals surface area contributed by atoms with Gasteiger partial charge in [0, 0.05) is 6.54 Å². The van der Waals surface area contributed by atoms with Crippen molar-refractivity contribution in [2.75, 3.05) is 13.1 Å². The van der Waals surface area contributed by atoms with Crippen molar-refractivity contribution in [3.05, 3.63) is 0 Å². The lowest BCUT2D eigenvalue weighted by Crippen LogP contribution is -2.53. The maximum absolute atomic E-state index is 12.2. The molecule has 0 aromatic carbocycles. The minimum absolute atomic E-state index is 0.311. The Kier molecular flexibility index (Phi) is 7.30. The highest BCUT2D eigenvalue weighted by Crippen LogP contribution is 2.18. The number of carboxylic acids is 1. The van der Waals surface area contributed by atoms with Crippen LogP contribution in [-0.2, 0) is 24.0 Å². The first-order valence-corrected chi connectivity index (χ1v) is 7.77. The maximum Gasteiger partial charge on any atom is 0.325 e. The van der Waals surface area contributed by atoms with Crippen molar-refractivity contribution in [2.45, 2.75) is 44.3 Å². The molecule has 4 amide bonds. The van der Waals surface area contributed by atoms with E-state index in [4.69, 9.17) is 16.6 Å². The minimum atomic E-state index is -1.20. The van der Waals surface area contributed by atoms with Crippen LogP contribution in [0.5, 0.6) is 0 Å². The Bertz CT molecular complexity index is 566. The molecule has 3 unspecified atom stereocenters. The summed E-state index contributed by atoms with van der Waals surface area (Å²) in [5.41, 5.74) is 10.6. The van der Waals surface area contributed by atoms with Gasteiger partial charge in [0.1, 0.15) is 12.1 Å². The van der Waals surface area contributed by atoms with Crippen molar-refractivity contribution in [2.24, 2.45) is 11.5 Å². The third-order valence-electron chi connectivity index (χ3n) is 3.75. The monoisotopic (exact) mass is 357 g/mol. The molecule has 0 aromatic heterocycles. The van der Waals surface area contributed by atoms with Crippen LogP contribution in [0.2, 0.25) is 0 Å². The van der Waals surface area contributed by atoms with Crippen LogP contribution in [0.15, 0.2) is 0 Å². The SMILES string of the molecule is CC(NC(=O)CNC(=O)C1CCCN1C(=O)C(N)CC(N)=O)C(=O)O. The number of rotatable bonds is 8. The largest absolute Gasteiger partial charge is 0.480 e. The topological polar surface area (TPSA) is 185 Å². The summed E-state index contributed by atoms with van der Waals surface area (Å²) in [7, 11) is 0. The predicted octanol–water partition coefficient (Wildman–Crippen LogP) is -3.11. The molecule has 0 aliphatic carbocycles. The van der Waals surface area contributed by atoms with Crippen LogP contribution in [0.3, 0.4) is 0 Å². The smallest absolute Gasteiger partial charge is 0.325 e. The molecule has 0 spiro atoms. The van der Waals surface area contributed by atoms with Gasteiger partial charge in [-0.1, -0.05) is 0 Å². The Hall–Kier alpha value is -2.69. The summed E-state index contributed by atoms with van der Waals surface area (Å²) >= 11 is 0. The Labute approximate surface area is 144 Å². The van der Waals surface area contributed by atoms with E-state index < -0.39 is 54.3 Å². The number of nitrogens with one attached hydrogen (secondary N) is 2. The van der Waals surface area contributed by atoms with Gasteiger partial charge in [0.2, 0.25) is 23.6 Å². The summed E-state index contributed by atoms with van der Waals surface area (Å²) in [6.45, 7) is 1.19. The number of carbonyl (C=O) groups excluding carboxylic acids is 4. The van der Waals surface area contributed by atoms with Crippen LogP contribution < -0.4 is 22.1 Å². The Morgan fingerprint density at radius 3 is 2.48 bits per heavy atom. The van der Waals surface area contributed by atoms with Gasteiger partial charge in [-0.15, -0.1) is 0 Å². The van der Waals surface area contributed by atoms with E-state index in [1.807, 2.05) is 0 Å². The molecular formula is C14H23N5O6. The molecule has 1 aliphatic rings. The van der Waals surface area contributed by atoms with Gasteiger partial charge in [0.05, 0.1) is 19.0 Å². The van der Waals surface area contributed by atoms with Gasteiger partial charge in [-0.05, 0) is 19.8 Å². The lowest BCUT2D eigenvalue weighted by atomic mass is 10.1. The van der Waals surface area contributed by atoms with Crippen LogP contribution in [0, 0.1) is 0 Å². The van der Waals surface area contributed by atoms with Gasteiger partial charge < -0.3 is 32.1 Å². The molecule has 7 N–H and O–H groups in total. The standard InChI is InChI=1S/C14H23N5O6/c1-7(14(24)25)18-11(21)6-17-12(22)9-3-2-4-19(9)13(23)8(15)5-10(16)20/h7-9H,2-6,15H2,1H3,(H2,16,20)(H,17,22)(H,18,21)(H,24,25).